The summed E-state index contributed by atoms with van der Waals surface area (Å²) in [5.74, 6) is 0.926. The van der Waals surface area contributed by atoms with Crippen LogP contribution in [0.25, 0.3) is 0 Å². The third kappa shape index (κ3) is 4.13. The molecule has 5 nitrogen and oxygen atoms in total. The zero-order chi connectivity index (χ0) is 16.9. The Kier molecular flexibility index (Phi) is 5.13. The molecule has 0 fully saturated rings. The molecule has 0 saturated carbocycles. The minimum absolute atomic E-state index is 0.318. The van der Waals surface area contributed by atoms with Gasteiger partial charge in [0.05, 0.1) is 21.9 Å². The number of nitrogens with zero attached hydrogens (tertiary/aromatic N) is 3. The Hall–Kier alpha value is -2.37. The van der Waals surface area contributed by atoms with Crippen LogP contribution in [0.5, 0.6) is 0 Å². The molecule has 0 unspecified atom stereocenters. The van der Waals surface area contributed by atoms with E-state index in [0.717, 1.165) is 5.56 Å². The van der Waals surface area contributed by atoms with Crippen LogP contribution < -0.4 is 10.6 Å². The van der Waals surface area contributed by atoms with E-state index in [9.17, 15) is 0 Å². The van der Waals surface area contributed by atoms with Crippen molar-refractivity contribution in [1.29, 1.82) is 0 Å². The topological polar surface area (TPSA) is 62.7 Å². The fourth-order valence-corrected chi connectivity index (χ4v) is 2.56. The van der Waals surface area contributed by atoms with Crippen molar-refractivity contribution in [2.24, 2.45) is 0 Å². The van der Waals surface area contributed by atoms with Gasteiger partial charge >= 0.3 is 0 Å². The number of nitrogens with one attached hydrogen (secondary N) is 2. The van der Waals surface area contributed by atoms with E-state index in [-0.39, 0.29) is 0 Å². The van der Waals surface area contributed by atoms with Gasteiger partial charge in [-0.3, -0.25) is 0 Å². The molecule has 0 atom stereocenters. The second-order valence-electron chi connectivity index (χ2n) is 5.23. The van der Waals surface area contributed by atoms with Gasteiger partial charge in [-0.25, -0.2) is 0 Å². The minimum atomic E-state index is 0.318. The maximum atomic E-state index is 6.13. The van der Waals surface area contributed by atoms with E-state index in [1.165, 1.54) is 5.56 Å². The van der Waals surface area contributed by atoms with Gasteiger partial charge in [0.25, 0.3) is 0 Å². The zero-order valence-electron chi connectivity index (χ0n) is 12.9. The van der Waals surface area contributed by atoms with E-state index in [1.807, 2.05) is 0 Å². The van der Waals surface area contributed by atoms with Crippen LogP contribution in [0.2, 0.25) is 10.0 Å². The molecule has 0 aliphatic carbocycles. The van der Waals surface area contributed by atoms with Crippen LogP contribution in [0.4, 0.5) is 17.5 Å². The standard InChI is InChI=1S/C17H15Cl2N5/c1-11-5-7-12(8-6-11)9-20-15-10-21-24-17(22-15)23-16-13(18)3-2-4-14(16)19/h2-8,10H,9H2,1H3,(H2,20,22,23,24). The Morgan fingerprint density at radius 3 is 2.42 bits per heavy atom. The van der Waals surface area contributed by atoms with E-state index in [2.05, 4.69) is 57.0 Å². The van der Waals surface area contributed by atoms with Crippen LogP contribution in [0, 0.1) is 6.92 Å². The Bertz CT molecular complexity index is 816. The first-order valence-electron chi connectivity index (χ1n) is 7.32. The summed E-state index contributed by atoms with van der Waals surface area (Å²) in [7, 11) is 0. The van der Waals surface area contributed by atoms with Crippen LogP contribution in [0.3, 0.4) is 0 Å². The Labute approximate surface area is 150 Å². The van der Waals surface area contributed by atoms with Gasteiger partial charge in [0.2, 0.25) is 5.95 Å². The van der Waals surface area contributed by atoms with Crippen molar-refractivity contribution in [3.05, 3.63) is 69.8 Å². The number of benzene rings is 2. The third-order valence-corrected chi connectivity index (χ3v) is 3.98. The molecule has 3 aromatic rings. The molecule has 0 saturated heterocycles. The molecule has 0 aliphatic heterocycles. The van der Waals surface area contributed by atoms with Crippen molar-refractivity contribution >= 4 is 40.7 Å². The fraction of sp³-hybridized carbons (Fsp3) is 0.118. The molecule has 7 heteroatoms. The molecule has 24 heavy (non-hydrogen) atoms. The van der Waals surface area contributed by atoms with Crippen LogP contribution in [-0.4, -0.2) is 15.2 Å². The van der Waals surface area contributed by atoms with Crippen molar-refractivity contribution in [3.8, 4) is 0 Å². The van der Waals surface area contributed by atoms with Crippen molar-refractivity contribution < 1.29 is 0 Å². The summed E-state index contributed by atoms with van der Waals surface area (Å²) in [5, 5.41) is 15.1. The third-order valence-electron chi connectivity index (χ3n) is 3.35. The summed E-state index contributed by atoms with van der Waals surface area (Å²) in [4.78, 5) is 4.37. The predicted octanol–water partition coefficient (Wildman–Crippen LogP) is 4.84. The molecule has 0 radical (unpaired) electrons. The molecule has 0 bridgehead atoms. The van der Waals surface area contributed by atoms with Crippen molar-refractivity contribution in [2.75, 3.05) is 10.6 Å². The van der Waals surface area contributed by atoms with E-state index in [0.29, 0.717) is 34.0 Å². The van der Waals surface area contributed by atoms with Crippen LogP contribution >= 0.6 is 23.2 Å². The van der Waals surface area contributed by atoms with Crippen molar-refractivity contribution in [1.82, 2.24) is 15.2 Å². The lowest BCUT2D eigenvalue weighted by atomic mass is 10.1. The molecule has 1 aromatic heterocycles. The first-order chi connectivity index (χ1) is 11.6. The van der Waals surface area contributed by atoms with Gasteiger partial charge in [-0.1, -0.05) is 59.1 Å². The van der Waals surface area contributed by atoms with Gasteiger partial charge in [0, 0.05) is 6.54 Å². The summed E-state index contributed by atoms with van der Waals surface area (Å²) in [5.41, 5.74) is 2.94. The molecular weight excluding hydrogens is 345 g/mol. The first-order valence-corrected chi connectivity index (χ1v) is 8.07. The Balaban J connectivity index is 1.71. The number of halogens is 2. The molecule has 2 aromatic carbocycles. The Morgan fingerprint density at radius 1 is 1.00 bits per heavy atom. The highest BCUT2D eigenvalue weighted by Crippen LogP contribution is 2.31. The highest BCUT2D eigenvalue weighted by molar-refractivity contribution is 6.39. The number of hydrogen-bond acceptors (Lipinski definition) is 5. The number of aryl methyl sites for hydroxylation is 1. The summed E-state index contributed by atoms with van der Waals surface area (Å²) in [6, 6.07) is 13.5. The van der Waals surface area contributed by atoms with Crippen LogP contribution in [0.15, 0.2) is 48.7 Å². The van der Waals surface area contributed by atoms with Gasteiger partial charge in [-0.2, -0.15) is 10.1 Å². The predicted molar refractivity (Wildman–Crippen MR) is 98.1 cm³/mol. The normalized spacial score (nSPS) is 10.5. The molecule has 0 spiro atoms. The summed E-state index contributed by atoms with van der Waals surface area (Å²) < 4.78 is 0. The lowest BCUT2D eigenvalue weighted by Crippen LogP contribution is -2.06. The van der Waals surface area contributed by atoms with Crippen LogP contribution in [-0.2, 0) is 6.54 Å². The largest absolute Gasteiger partial charge is 0.365 e. The monoisotopic (exact) mass is 359 g/mol. The van der Waals surface area contributed by atoms with E-state index in [4.69, 9.17) is 23.2 Å². The quantitative estimate of drug-likeness (QED) is 0.682. The minimum Gasteiger partial charge on any atom is -0.365 e. The fourth-order valence-electron chi connectivity index (χ4n) is 2.07. The van der Waals surface area contributed by atoms with Crippen molar-refractivity contribution in [2.45, 2.75) is 13.5 Å². The highest BCUT2D eigenvalue weighted by atomic mass is 35.5. The number of hydrogen-bond donors (Lipinski definition) is 2. The van der Waals surface area contributed by atoms with E-state index >= 15 is 0 Å². The molecule has 122 valence electrons. The molecule has 0 amide bonds. The van der Waals surface area contributed by atoms with Gasteiger partial charge in [0.1, 0.15) is 0 Å². The smallest absolute Gasteiger partial charge is 0.249 e. The molecule has 3 rings (SSSR count). The summed E-state index contributed by atoms with van der Waals surface area (Å²) in [6.07, 6.45) is 1.56. The average Bonchev–Trinajstić information content (AvgIpc) is 2.58. The van der Waals surface area contributed by atoms with Crippen molar-refractivity contribution in [3.63, 3.8) is 0 Å². The molecule has 2 N–H and O–H groups in total. The number of rotatable bonds is 5. The maximum absolute atomic E-state index is 6.13. The van der Waals surface area contributed by atoms with Gasteiger partial charge < -0.3 is 10.6 Å². The summed E-state index contributed by atoms with van der Waals surface area (Å²) >= 11 is 12.3. The lowest BCUT2D eigenvalue weighted by molar-refractivity contribution is 0.966. The summed E-state index contributed by atoms with van der Waals surface area (Å²) in [6.45, 7) is 2.70. The lowest BCUT2D eigenvalue weighted by Gasteiger charge is -2.10. The highest BCUT2D eigenvalue weighted by Gasteiger charge is 2.08. The SMILES string of the molecule is Cc1ccc(CNc2cnnc(Nc3c(Cl)cccc3Cl)n2)cc1. The number of aromatic nitrogens is 3. The molecule has 1 heterocycles. The number of anilines is 3. The van der Waals surface area contributed by atoms with E-state index in [1.54, 1.807) is 24.4 Å². The second-order valence-corrected chi connectivity index (χ2v) is 6.04. The molecule has 0 aliphatic rings. The Morgan fingerprint density at radius 2 is 1.71 bits per heavy atom. The first kappa shape index (κ1) is 16.5. The van der Waals surface area contributed by atoms with Crippen LogP contribution in [0.1, 0.15) is 11.1 Å². The number of para-hydroxylation sites is 1. The maximum Gasteiger partial charge on any atom is 0.249 e. The van der Waals surface area contributed by atoms with Gasteiger partial charge in [0.15, 0.2) is 5.82 Å². The van der Waals surface area contributed by atoms with Gasteiger partial charge in [-0.15, -0.1) is 5.10 Å². The van der Waals surface area contributed by atoms with Gasteiger partial charge in [-0.05, 0) is 24.6 Å². The average molecular weight is 360 g/mol. The second kappa shape index (κ2) is 7.47. The zero-order valence-corrected chi connectivity index (χ0v) is 14.4. The molecular formula is C17H15Cl2N5. The van der Waals surface area contributed by atoms with E-state index < -0.39 is 0 Å².